The van der Waals surface area contributed by atoms with Crippen molar-refractivity contribution in [3.63, 3.8) is 0 Å². The minimum atomic E-state index is -2.68. The molecule has 1 N–H and O–H groups in total. The highest BCUT2D eigenvalue weighted by atomic mass is 35.5. The minimum absolute atomic E-state index is 0.00497. The van der Waals surface area contributed by atoms with E-state index in [9.17, 15) is 37.5 Å². The van der Waals surface area contributed by atoms with Gasteiger partial charge in [0.1, 0.15) is 5.69 Å². The number of anilines is 1. The molecular formula is C35H25Cl2F5N2O6. The Bertz CT molecular complexity index is 2020. The molecule has 2 heterocycles. The SMILES string of the molecule is CCOc1cc([C@H]2C3=CC[C@@H]4C(=O)N(Cc5ccccc5)C(=O)[C@@H]4[C@@H]3C[C@@]3(Cl)C(=O)N(c4c(F)c(F)c(F)c(F)c4F)C(=O)[C@@]23Cl)ccc1O. The molecule has 0 radical (unpaired) electrons. The van der Waals surface area contributed by atoms with Crippen LogP contribution in [0.3, 0.4) is 0 Å². The molecule has 1 saturated carbocycles. The highest BCUT2D eigenvalue weighted by molar-refractivity contribution is 6.58. The summed E-state index contributed by atoms with van der Waals surface area (Å²) in [6.45, 7) is 1.66. The van der Waals surface area contributed by atoms with E-state index in [1.54, 1.807) is 43.3 Å². The van der Waals surface area contributed by atoms with E-state index < -0.39 is 98.2 Å². The second kappa shape index (κ2) is 11.8. The third kappa shape index (κ3) is 4.48. The number of phenols is 1. The molecule has 3 fully saturated rings. The second-order valence-corrected chi connectivity index (χ2v) is 13.8. The van der Waals surface area contributed by atoms with Crippen LogP contribution in [0.2, 0.25) is 0 Å². The lowest BCUT2D eigenvalue weighted by molar-refractivity contribution is -0.141. The fraction of sp³-hybridized carbons (Fsp3) is 0.314. The highest BCUT2D eigenvalue weighted by Crippen LogP contribution is 2.66. The van der Waals surface area contributed by atoms with Crippen LogP contribution in [0.5, 0.6) is 11.5 Å². The number of allylic oxidation sites excluding steroid dienone is 2. The number of benzene rings is 3. The van der Waals surface area contributed by atoms with Crippen molar-refractivity contribution in [2.24, 2.45) is 17.8 Å². The number of likely N-dealkylation sites (tertiary alicyclic amines) is 1. The van der Waals surface area contributed by atoms with Crippen LogP contribution in [0.1, 0.15) is 36.8 Å². The summed E-state index contributed by atoms with van der Waals surface area (Å²) in [6.07, 6.45) is 0.984. The highest BCUT2D eigenvalue weighted by Gasteiger charge is 2.77. The molecule has 0 unspecified atom stereocenters. The van der Waals surface area contributed by atoms with E-state index in [0.29, 0.717) is 5.56 Å². The van der Waals surface area contributed by atoms with Crippen molar-refractivity contribution in [1.29, 1.82) is 0 Å². The molecule has 0 bridgehead atoms. The molecule has 3 aromatic rings. The number of alkyl halides is 2. The molecule has 0 spiro atoms. The Kier molecular flexibility index (Phi) is 8.02. The fourth-order valence-corrected chi connectivity index (χ4v) is 8.84. The Morgan fingerprint density at radius 3 is 2.14 bits per heavy atom. The minimum Gasteiger partial charge on any atom is -0.504 e. The van der Waals surface area contributed by atoms with Crippen LogP contribution in [0.15, 0.2) is 60.2 Å². The largest absolute Gasteiger partial charge is 0.504 e. The van der Waals surface area contributed by atoms with Crippen molar-refractivity contribution in [3.05, 3.63) is 100 Å². The lowest BCUT2D eigenvalue weighted by atomic mass is 9.56. The number of hydrogen-bond acceptors (Lipinski definition) is 6. The maximum Gasteiger partial charge on any atom is 0.258 e. The molecule has 4 amide bonds. The van der Waals surface area contributed by atoms with E-state index >= 15 is 8.78 Å². The number of imide groups is 2. The molecule has 260 valence electrons. The second-order valence-electron chi connectivity index (χ2n) is 12.6. The number of aromatic hydroxyl groups is 1. The molecule has 50 heavy (non-hydrogen) atoms. The number of nitrogens with zero attached hydrogens (tertiary/aromatic N) is 2. The van der Waals surface area contributed by atoms with Crippen molar-refractivity contribution in [2.75, 3.05) is 11.5 Å². The molecule has 15 heteroatoms. The molecule has 0 aromatic heterocycles. The fourth-order valence-electron chi connectivity index (χ4n) is 7.91. The van der Waals surface area contributed by atoms with Crippen LogP contribution >= 0.6 is 23.2 Å². The first-order chi connectivity index (χ1) is 23.7. The summed E-state index contributed by atoms with van der Waals surface area (Å²) >= 11 is 14.3. The van der Waals surface area contributed by atoms with Gasteiger partial charge in [-0.05, 0) is 48.9 Å². The maximum atomic E-state index is 15.2. The van der Waals surface area contributed by atoms with Gasteiger partial charge in [0.25, 0.3) is 11.8 Å². The first-order valence-corrected chi connectivity index (χ1v) is 16.3. The van der Waals surface area contributed by atoms with Gasteiger partial charge in [0.2, 0.25) is 17.6 Å². The van der Waals surface area contributed by atoms with Crippen molar-refractivity contribution in [2.45, 2.75) is 42.0 Å². The van der Waals surface area contributed by atoms with Gasteiger partial charge < -0.3 is 9.84 Å². The third-order valence-corrected chi connectivity index (χ3v) is 11.5. The molecule has 6 atom stereocenters. The first-order valence-electron chi connectivity index (χ1n) is 15.5. The molecule has 7 rings (SSSR count). The zero-order valence-electron chi connectivity index (χ0n) is 25.9. The Balaban J connectivity index is 1.41. The lowest BCUT2D eigenvalue weighted by Crippen LogP contribution is -2.60. The number of halogens is 7. The van der Waals surface area contributed by atoms with Crippen LogP contribution in [-0.4, -0.2) is 50.0 Å². The number of amides is 4. The summed E-state index contributed by atoms with van der Waals surface area (Å²) in [7, 11) is 0. The predicted molar refractivity (Wildman–Crippen MR) is 168 cm³/mol. The van der Waals surface area contributed by atoms with Gasteiger partial charge in [-0.15, -0.1) is 23.2 Å². The number of carbonyl (C=O) groups is 4. The van der Waals surface area contributed by atoms with Gasteiger partial charge in [0.15, 0.2) is 44.5 Å². The third-order valence-electron chi connectivity index (χ3n) is 10.1. The number of fused-ring (bicyclic) bond motifs is 4. The van der Waals surface area contributed by atoms with Crippen molar-refractivity contribution >= 4 is 52.5 Å². The molecule has 2 aliphatic carbocycles. The quantitative estimate of drug-likeness (QED) is 0.0803. The van der Waals surface area contributed by atoms with E-state index in [4.69, 9.17) is 27.9 Å². The number of carbonyl (C=O) groups excluding carboxylic acids is 4. The van der Waals surface area contributed by atoms with Gasteiger partial charge >= 0.3 is 0 Å². The molecule has 3 aromatic carbocycles. The van der Waals surface area contributed by atoms with Crippen LogP contribution in [0.25, 0.3) is 0 Å². The van der Waals surface area contributed by atoms with Gasteiger partial charge in [-0.2, -0.15) is 0 Å². The van der Waals surface area contributed by atoms with Crippen LogP contribution in [0, 0.1) is 46.8 Å². The summed E-state index contributed by atoms with van der Waals surface area (Å²) in [5.41, 5.74) is -0.798. The monoisotopic (exact) mass is 734 g/mol. The molecule has 4 aliphatic rings. The standard InChI is InChI=1S/C35H25Cl2F5N2O6/c1-2-50-21-12-16(8-11-20(21)45)23-17-9-10-18-22(31(47)43(30(18)46)14-15-6-4-3-5-7-15)19(17)13-34(36)32(48)44(33(49)35(23,34)37)29-27(41)25(39)24(38)26(40)28(29)42/h3-9,11-12,18-19,22-23,45H,2,10,13-14H2,1H3/t18-,19+,22-,23-,34+,35-/m0/s1. The Morgan fingerprint density at radius 2 is 1.50 bits per heavy atom. The molecular weight excluding hydrogens is 710 g/mol. The maximum absolute atomic E-state index is 15.2. The Hall–Kier alpha value is -4.49. The summed E-state index contributed by atoms with van der Waals surface area (Å²) in [6, 6.07) is 12.6. The lowest BCUT2D eigenvalue weighted by Gasteiger charge is -2.50. The average molecular weight is 735 g/mol. The normalized spacial score (nSPS) is 28.8. The zero-order chi connectivity index (χ0) is 36.0. The zero-order valence-corrected chi connectivity index (χ0v) is 27.4. The summed E-state index contributed by atoms with van der Waals surface area (Å²) in [5.74, 6) is -21.5. The summed E-state index contributed by atoms with van der Waals surface area (Å²) in [4.78, 5) is 52.0. The molecule has 2 saturated heterocycles. The van der Waals surface area contributed by atoms with Gasteiger partial charge in [-0.1, -0.05) is 48.0 Å². The van der Waals surface area contributed by atoms with Crippen molar-refractivity contribution in [3.8, 4) is 11.5 Å². The number of ether oxygens (including phenoxy) is 1. The average Bonchev–Trinajstić information content (AvgIpc) is 3.42. The van der Waals surface area contributed by atoms with Gasteiger partial charge in [-0.25, -0.2) is 26.9 Å². The van der Waals surface area contributed by atoms with Gasteiger partial charge in [-0.3, -0.25) is 24.1 Å². The smallest absolute Gasteiger partial charge is 0.258 e. The first kappa shape index (κ1) is 34.0. The summed E-state index contributed by atoms with van der Waals surface area (Å²) < 4.78 is 78.9. The van der Waals surface area contributed by atoms with E-state index in [1.165, 1.54) is 18.2 Å². The van der Waals surface area contributed by atoms with E-state index in [1.807, 2.05) is 0 Å². The summed E-state index contributed by atoms with van der Waals surface area (Å²) in [5, 5.41) is 10.5. The Labute approximate surface area is 291 Å². The number of rotatable bonds is 6. The van der Waals surface area contributed by atoms with Crippen molar-refractivity contribution in [1.82, 2.24) is 4.90 Å². The van der Waals surface area contributed by atoms with E-state index in [-0.39, 0.29) is 47.1 Å². The number of phenolic OH excluding ortho intramolecular Hbond substituents is 1. The van der Waals surface area contributed by atoms with Gasteiger partial charge in [0.05, 0.1) is 25.0 Å². The van der Waals surface area contributed by atoms with Crippen LogP contribution < -0.4 is 9.64 Å². The van der Waals surface area contributed by atoms with Gasteiger partial charge in [0, 0.05) is 5.92 Å². The van der Waals surface area contributed by atoms with E-state index in [2.05, 4.69) is 0 Å². The Morgan fingerprint density at radius 1 is 0.860 bits per heavy atom. The van der Waals surface area contributed by atoms with Crippen molar-refractivity contribution < 1.29 is 51.0 Å². The molecule has 8 nitrogen and oxygen atoms in total. The van der Waals surface area contributed by atoms with E-state index in [0.717, 1.165) is 4.90 Å². The van der Waals surface area contributed by atoms with Crippen LogP contribution in [0.4, 0.5) is 27.6 Å². The van der Waals surface area contributed by atoms with Crippen LogP contribution in [-0.2, 0) is 25.7 Å². The molecule has 2 aliphatic heterocycles. The topological polar surface area (TPSA) is 104 Å². The predicted octanol–water partition coefficient (Wildman–Crippen LogP) is 6.25. The number of hydrogen-bond donors (Lipinski definition) is 1.